The maximum Gasteiger partial charge on any atom is 0.0640 e. The molecule has 2 aromatic rings. The number of benzene rings is 2. The van der Waals surface area contributed by atoms with Gasteiger partial charge >= 0.3 is 0 Å². The van der Waals surface area contributed by atoms with Crippen LogP contribution in [0.2, 0.25) is 5.02 Å². The zero-order chi connectivity index (χ0) is 14.1. The van der Waals surface area contributed by atoms with Gasteiger partial charge in [-0.1, -0.05) is 29.8 Å². The number of fused-ring (bicyclic) bond motifs is 1. The van der Waals surface area contributed by atoms with Crippen LogP contribution in [0, 0.1) is 6.92 Å². The highest BCUT2D eigenvalue weighted by Crippen LogP contribution is 2.28. The van der Waals surface area contributed by atoms with Crippen LogP contribution in [0.4, 0.5) is 11.4 Å². The van der Waals surface area contributed by atoms with E-state index in [-0.39, 0.29) is 0 Å². The molecular weight excluding hydrogens is 268 g/mol. The molecule has 1 N–H and O–H groups in total. The van der Waals surface area contributed by atoms with Gasteiger partial charge in [-0.05, 0) is 48.2 Å². The predicted octanol–water partition coefficient (Wildman–Crippen LogP) is 4.25. The highest BCUT2D eigenvalue weighted by Gasteiger charge is 2.15. The molecule has 1 aliphatic rings. The molecule has 0 bridgehead atoms. The van der Waals surface area contributed by atoms with Gasteiger partial charge in [-0.3, -0.25) is 0 Å². The van der Waals surface area contributed by atoms with Gasteiger partial charge in [0.05, 0.1) is 10.7 Å². The second-order valence-corrected chi connectivity index (χ2v) is 5.88. The van der Waals surface area contributed by atoms with Crippen LogP contribution >= 0.6 is 11.6 Å². The molecule has 2 aromatic carbocycles. The van der Waals surface area contributed by atoms with E-state index < -0.39 is 0 Å². The molecule has 3 rings (SSSR count). The molecule has 0 aromatic heterocycles. The second-order valence-electron chi connectivity index (χ2n) is 5.47. The minimum Gasteiger partial charge on any atom is -0.380 e. The van der Waals surface area contributed by atoms with Gasteiger partial charge in [0.15, 0.2) is 0 Å². The largest absolute Gasteiger partial charge is 0.380 e. The average molecular weight is 287 g/mol. The van der Waals surface area contributed by atoms with Gasteiger partial charge in [0.2, 0.25) is 0 Å². The van der Waals surface area contributed by atoms with Crippen LogP contribution < -0.4 is 10.2 Å². The Labute approximate surface area is 125 Å². The number of hydrogen-bond acceptors (Lipinski definition) is 2. The van der Waals surface area contributed by atoms with Crippen LogP contribution in [0.5, 0.6) is 0 Å². The molecule has 3 heteroatoms. The fraction of sp³-hybridized carbons (Fsp3) is 0.294. The molecule has 0 amide bonds. The molecule has 0 unspecified atom stereocenters. The second kappa shape index (κ2) is 5.37. The molecule has 0 fully saturated rings. The first kappa shape index (κ1) is 13.3. The van der Waals surface area contributed by atoms with E-state index in [1.807, 2.05) is 19.1 Å². The van der Waals surface area contributed by atoms with E-state index >= 15 is 0 Å². The third-order valence-electron chi connectivity index (χ3n) is 3.88. The first-order chi connectivity index (χ1) is 9.63. The van der Waals surface area contributed by atoms with Crippen LogP contribution in [0.15, 0.2) is 36.4 Å². The third-order valence-corrected chi connectivity index (χ3v) is 4.19. The summed E-state index contributed by atoms with van der Waals surface area (Å²) in [5.41, 5.74) is 6.29. The zero-order valence-electron chi connectivity index (χ0n) is 11.9. The minimum absolute atomic E-state index is 0.783. The fourth-order valence-corrected chi connectivity index (χ4v) is 2.99. The fourth-order valence-electron chi connectivity index (χ4n) is 2.69. The number of halogens is 1. The van der Waals surface area contributed by atoms with E-state index in [0.717, 1.165) is 30.2 Å². The van der Waals surface area contributed by atoms with Crippen molar-refractivity contribution in [1.29, 1.82) is 0 Å². The molecule has 0 atom stereocenters. The van der Waals surface area contributed by atoms with Crippen molar-refractivity contribution in [3.05, 3.63) is 58.1 Å². The summed E-state index contributed by atoms with van der Waals surface area (Å²) in [7, 11) is 2.15. The number of rotatable bonds is 3. The lowest BCUT2D eigenvalue weighted by atomic mass is 10.1. The number of aryl methyl sites for hydroxylation is 1. The van der Waals surface area contributed by atoms with Gasteiger partial charge < -0.3 is 10.2 Å². The summed E-state index contributed by atoms with van der Waals surface area (Å²) in [5.74, 6) is 0. The Hall–Kier alpha value is -1.67. The molecule has 0 saturated carbocycles. The van der Waals surface area contributed by atoms with Gasteiger partial charge in [-0.25, -0.2) is 0 Å². The highest BCUT2D eigenvalue weighted by atomic mass is 35.5. The van der Waals surface area contributed by atoms with Crippen LogP contribution in [0.1, 0.15) is 16.7 Å². The SMILES string of the molecule is Cc1ccc(NCc2ccc3c(c2)CCN3C)c(Cl)c1. The first-order valence-corrected chi connectivity index (χ1v) is 7.34. The highest BCUT2D eigenvalue weighted by molar-refractivity contribution is 6.33. The number of hydrogen-bond donors (Lipinski definition) is 1. The first-order valence-electron chi connectivity index (χ1n) is 6.96. The van der Waals surface area contributed by atoms with Crippen molar-refractivity contribution in [2.45, 2.75) is 19.9 Å². The van der Waals surface area contributed by atoms with Gasteiger partial charge in [-0.15, -0.1) is 0 Å². The Morgan fingerprint density at radius 2 is 2.05 bits per heavy atom. The lowest BCUT2D eigenvalue weighted by Crippen LogP contribution is -2.12. The molecule has 1 heterocycles. The van der Waals surface area contributed by atoms with E-state index in [1.165, 1.54) is 22.4 Å². The van der Waals surface area contributed by atoms with Crippen molar-refractivity contribution in [3.63, 3.8) is 0 Å². The zero-order valence-corrected chi connectivity index (χ0v) is 12.7. The molecule has 20 heavy (non-hydrogen) atoms. The van der Waals surface area contributed by atoms with E-state index in [0.29, 0.717) is 0 Å². The van der Waals surface area contributed by atoms with Crippen LogP contribution in [-0.4, -0.2) is 13.6 Å². The lowest BCUT2D eigenvalue weighted by Gasteiger charge is -2.13. The summed E-state index contributed by atoms with van der Waals surface area (Å²) in [6, 6.07) is 12.8. The number of anilines is 2. The maximum absolute atomic E-state index is 6.24. The smallest absolute Gasteiger partial charge is 0.0640 e. The molecule has 2 nitrogen and oxygen atoms in total. The van der Waals surface area contributed by atoms with E-state index in [9.17, 15) is 0 Å². The quantitative estimate of drug-likeness (QED) is 0.907. The summed E-state index contributed by atoms with van der Waals surface area (Å²) >= 11 is 6.24. The molecule has 0 radical (unpaired) electrons. The van der Waals surface area contributed by atoms with Crippen molar-refractivity contribution in [2.24, 2.45) is 0 Å². The van der Waals surface area contributed by atoms with Crippen LogP contribution in [0.3, 0.4) is 0 Å². The van der Waals surface area contributed by atoms with Crippen molar-refractivity contribution in [3.8, 4) is 0 Å². The summed E-state index contributed by atoms with van der Waals surface area (Å²) in [5, 5.41) is 4.20. The number of nitrogens with zero attached hydrogens (tertiary/aromatic N) is 1. The van der Waals surface area contributed by atoms with Gasteiger partial charge in [0, 0.05) is 25.8 Å². The number of nitrogens with one attached hydrogen (secondary N) is 1. The monoisotopic (exact) mass is 286 g/mol. The molecule has 0 saturated heterocycles. The van der Waals surface area contributed by atoms with Gasteiger partial charge in [0.1, 0.15) is 0 Å². The summed E-state index contributed by atoms with van der Waals surface area (Å²) in [6.45, 7) is 3.97. The normalized spacial score (nSPS) is 13.4. The lowest BCUT2D eigenvalue weighted by molar-refractivity contribution is 0.955. The molecule has 104 valence electrons. The standard InChI is InChI=1S/C17H19ClN2/c1-12-3-5-16(15(18)9-12)19-11-13-4-6-17-14(10-13)7-8-20(17)2/h3-6,9-10,19H,7-8,11H2,1-2H3. The van der Waals surface area contributed by atoms with Gasteiger partial charge in [0.25, 0.3) is 0 Å². The van der Waals surface area contributed by atoms with Crippen molar-refractivity contribution < 1.29 is 0 Å². The Bertz CT molecular complexity index is 637. The van der Waals surface area contributed by atoms with E-state index in [4.69, 9.17) is 11.6 Å². The number of likely N-dealkylation sites (N-methyl/N-ethyl adjacent to an activating group) is 1. The Morgan fingerprint density at radius 1 is 1.20 bits per heavy atom. The Kier molecular flexibility index (Phi) is 3.58. The van der Waals surface area contributed by atoms with E-state index in [1.54, 1.807) is 0 Å². The van der Waals surface area contributed by atoms with Crippen LogP contribution in [-0.2, 0) is 13.0 Å². The Morgan fingerprint density at radius 3 is 2.85 bits per heavy atom. The average Bonchev–Trinajstić information content (AvgIpc) is 2.79. The molecule has 0 aliphatic carbocycles. The summed E-state index contributed by atoms with van der Waals surface area (Å²) in [4.78, 5) is 2.31. The summed E-state index contributed by atoms with van der Waals surface area (Å²) < 4.78 is 0. The molecule has 1 aliphatic heterocycles. The Balaban J connectivity index is 1.73. The minimum atomic E-state index is 0.783. The summed E-state index contributed by atoms with van der Waals surface area (Å²) in [6.07, 6.45) is 1.14. The van der Waals surface area contributed by atoms with Crippen molar-refractivity contribution >= 4 is 23.0 Å². The topological polar surface area (TPSA) is 15.3 Å². The van der Waals surface area contributed by atoms with Crippen LogP contribution in [0.25, 0.3) is 0 Å². The maximum atomic E-state index is 6.24. The molecule has 0 spiro atoms. The van der Waals surface area contributed by atoms with Crippen molar-refractivity contribution in [1.82, 2.24) is 0 Å². The van der Waals surface area contributed by atoms with E-state index in [2.05, 4.69) is 41.5 Å². The third kappa shape index (κ3) is 2.61. The molecular formula is C17H19ClN2. The predicted molar refractivity (Wildman–Crippen MR) is 86.9 cm³/mol. The van der Waals surface area contributed by atoms with Gasteiger partial charge in [-0.2, -0.15) is 0 Å². The van der Waals surface area contributed by atoms with Crippen molar-refractivity contribution in [2.75, 3.05) is 23.8 Å².